The number of hydrogen-bond acceptors (Lipinski definition) is 3. The number of carbonyl (C=O) groups excluding carboxylic acids is 2. The molecule has 0 fully saturated rings. The Labute approximate surface area is 115 Å². The van der Waals surface area contributed by atoms with Crippen molar-refractivity contribution in [3.8, 4) is 0 Å². The zero-order valence-electron chi connectivity index (χ0n) is 10.6. The van der Waals surface area contributed by atoms with Crippen molar-refractivity contribution >= 4 is 33.4 Å². The van der Waals surface area contributed by atoms with Crippen LogP contribution in [0.5, 0.6) is 0 Å². The summed E-state index contributed by atoms with van der Waals surface area (Å²) < 4.78 is 0.771. The molecular weight excluding hydrogens is 298 g/mol. The van der Waals surface area contributed by atoms with Gasteiger partial charge in [0.05, 0.1) is 12.1 Å². The first-order valence-corrected chi connectivity index (χ1v) is 6.13. The summed E-state index contributed by atoms with van der Waals surface area (Å²) in [7, 11) is 4.87. The smallest absolute Gasteiger partial charge is 0.256 e. The number of anilines is 1. The molecule has 1 aromatic carbocycles. The van der Waals surface area contributed by atoms with Gasteiger partial charge in [-0.1, -0.05) is 15.9 Å². The molecule has 98 valence electrons. The lowest BCUT2D eigenvalue weighted by atomic mass is 10.1. The van der Waals surface area contributed by atoms with Crippen LogP contribution in [0.4, 0.5) is 5.69 Å². The van der Waals surface area contributed by atoms with Crippen LogP contribution in [0, 0.1) is 0 Å². The average molecular weight is 314 g/mol. The van der Waals surface area contributed by atoms with Crippen LogP contribution in [0.25, 0.3) is 0 Å². The maximum atomic E-state index is 12.1. The third kappa shape index (κ3) is 3.46. The number of likely N-dealkylation sites (N-methyl/N-ethyl adjacent to an activating group) is 2. The van der Waals surface area contributed by atoms with Gasteiger partial charge in [-0.2, -0.15) is 0 Å². The molecule has 1 rings (SSSR count). The molecule has 0 aliphatic carbocycles. The van der Waals surface area contributed by atoms with E-state index >= 15 is 0 Å². The Bertz CT molecular complexity index is 474. The van der Waals surface area contributed by atoms with Gasteiger partial charge >= 0.3 is 0 Å². The van der Waals surface area contributed by atoms with Crippen LogP contribution < -0.4 is 5.73 Å². The first kappa shape index (κ1) is 14.5. The minimum absolute atomic E-state index is 0.0256. The Morgan fingerprint density at radius 1 is 1.28 bits per heavy atom. The van der Waals surface area contributed by atoms with Crippen molar-refractivity contribution in [3.05, 3.63) is 28.2 Å². The van der Waals surface area contributed by atoms with E-state index in [2.05, 4.69) is 15.9 Å². The van der Waals surface area contributed by atoms with Crippen LogP contribution in [-0.4, -0.2) is 49.3 Å². The molecule has 0 spiro atoms. The predicted molar refractivity (Wildman–Crippen MR) is 74.2 cm³/mol. The Morgan fingerprint density at radius 3 is 2.44 bits per heavy atom. The number of benzene rings is 1. The molecule has 1 aromatic rings. The molecule has 0 aliphatic heterocycles. The molecule has 0 radical (unpaired) electrons. The van der Waals surface area contributed by atoms with Crippen molar-refractivity contribution in [2.45, 2.75) is 0 Å². The minimum atomic E-state index is -0.274. The Kier molecular flexibility index (Phi) is 4.72. The van der Waals surface area contributed by atoms with Crippen molar-refractivity contribution in [3.63, 3.8) is 0 Å². The first-order chi connectivity index (χ1) is 8.32. The van der Waals surface area contributed by atoms with Gasteiger partial charge in [0, 0.05) is 31.3 Å². The monoisotopic (exact) mass is 313 g/mol. The van der Waals surface area contributed by atoms with Crippen LogP contribution in [0.15, 0.2) is 22.7 Å². The molecule has 0 aliphatic rings. The van der Waals surface area contributed by atoms with E-state index in [1.54, 1.807) is 39.3 Å². The lowest BCUT2D eigenvalue weighted by Crippen LogP contribution is -2.38. The third-order valence-corrected chi connectivity index (χ3v) is 2.96. The Morgan fingerprint density at radius 2 is 1.89 bits per heavy atom. The number of hydrogen-bond donors (Lipinski definition) is 1. The van der Waals surface area contributed by atoms with Crippen LogP contribution in [0.2, 0.25) is 0 Å². The topological polar surface area (TPSA) is 66.6 Å². The van der Waals surface area contributed by atoms with E-state index in [4.69, 9.17) is 5.73 Å². The summed E-state index contributed by atoms with van der Waals surface area (Å²) in [6.07, 6.45) is 0. The van der Waals surface area contributed by atoms with Gasteiger partial charge in [-0.15, -0.1) is 0 Å². The molecule has 0 aromatic heterocycles. The fraction of sp³-hybridized carbons (Fsp3) is 0.333. The fourth-order valence-corrected chi connectivity index (χ4v) is 1.70. The standard InChI is InChI=1S/C12H16BrN3O2/c1-15(2)11(17)7-16(3)12(18)9-6-8(13)4-5-10(9)14/h4-6H,7,14H2,1-3H3. The van der Waals surface area contributed by atoms with Crippen LogP contribution in [0.1, 0.15) is 10.4 Å². The zero-order valence-corrected chi connectivity index (χ0v) is 12.2. The number of amides is 2. The first-order valence-electron chi connectivity index (χ1n) is 5.33. The number of carbonyl (C=O) groups is 2. The van der Waals surface area contributed by atoms with E-state index < -0.39 is 0 Å². The molecule has 18 heavy (non-hydrogen) atoms. The van der Waals surface area contributed by atoms with Gasteiger partial charge in [0.25, 0.3) is 5.91 Å². The molecule has 0 saturated heterocycles. The van der Waals surface area contributed by atoms with Gasteiger partial charge < -0.3 is 15.5 Å². The minimum Gasteiger partial charge on any atom is -0.398 e. The molecule has 0 bridgehead atoms. The summed E-state index contributed by atoms with van der Waals surface area (Å²) in [5.41, 5.74) is 6.54. The Balaban J connectivity index is 2.87. The van der Waals surface area contributed by atoms with E-state index in [1.165, 1.54) is 9.80 Å². The number of nitrogens with two attached hydrogens (primary N) is 1. The molecule has 0 saturated carbocycles. The summed E-state index contributed by atoms with van der Waals surface area (Å²) in [4.78, 5) is 26.4. The van der Waals surface area contributed by atoms with Gasteiger partial charge in [-0.3, -0.25) is 9.59 Å². The van der Waals surface area contributed by atoms with Crippen molar-refractivity contribution in [1.82, 2.24) is 9.80 Å². The van der Waals surface area contributed by atoms with Crippen LogP contribution >= 0.6 is 15.9 Å². The van der Waals surface area contributed by atoms with Crippen molar-refractivity contribution in [2.75, 3.05) is 33.4 Å². The van der Waals surface area contributed by atoms with Gasteiger partial charge in [0.15, 0.2) is 0 Å². The summed E-state index contributed by atoms with van der Waals surface area (Å²) in [6, 6.07) is 5.06. The molecule has 2 N–H and O–H groups in total. The highest BCUT2D eigenvalue weighted by Crippen LogP contribution is 2.19. The van der Waals surface area contributed by atoms with E-state index in [9.17, 15) is 9.59 Å². The van der Waals surface area contributed by atoms with E-state index in [-0.39, 0.29) is 18.4 Å². The van der Waals surface area contributed by atoms with Crippen molar-refractivity contribution in [2.24, 2.45) is 0 Å². The second-order valence-electron chi connectivity index (χ2n) is 4.18. The SMILES string of the molecule is CN(C)C(=O)CN(C)C(=O)c1cc(Br)ccc1N. The maximum absolute atomic E-state index is 12.1. The van der Waals surface area contributed by atoms with Crippen LogP contribution in [-0.2, 0) is 4.79 Å². The van der Waals surface area contributed by atoms with Gasteiger partial charge in [-0.25, -0.2) is 0 Å². The second-order valence-corrected chi connectivity index (χ2v) is 5.10. The molecule has 0 heterocycles. The number of nitrogen functional groups attached to an aromatic ring is 1. The number of nitrogens with zero attached hydrogens (tertiary/aromatic N) is 2. The largest absolute Gasteiger partial charge is 0.398 e. The maximum Gasteiger partial charge on any atom is 0.256 e. The van der Waals surface area contributed by atoms with Gasteiger partial charge in [-0.05, 0) is 18.2 Å². The summed E-state index contributed by atoms with van der Waals surface area (Å²) in [5.74, 6) is -0.414. The average Bonchev–Trinajstić information content (AvgIpc) is 2.31. The Hall–Kier alpha value is -1.56. The van der Waals surface area contributed by atoms with E-state index in [0.29, 0.717) is 11.3 Å². The molecule has 5 nitrogen and oxygen atoms in total. The molecule has 0 unspecified atom stereocenters. The van der Waals surface area contributed by atoms with Crippen molar-refractivity contribution in [1.29, 1.82) is 0 Å². The quantitative estimate of drug-likeness (QED) is 0.852. The van der Waals surface area contributed by atoms with Gasteiger partial charge in [0.1, 0.15) is 0 Å². The van der Waals surface area contributed by atoms with E-state index in [0.717, 1.165) is 4.47 Å². The van der Waals surface area contributed by atoms with Gasteiger partial charge in [0.2, 0.25) is 5.91 Å². The number of rotatable bonds is 3. The summed E-state index contributed by atoms with van der Waals surface area (Å²) in [5, 5.41) is 0. The predicted octanol–water partition coefficient (Wildman–Crippen LogP) is 1.19. The highest BCUT2D eigenvalue weighted by atomic mass is 79.9. The van der Waals surface area contributed by atoms with Crippen LogP contribution in [0.3, 0.4) is 0 Å². The molecular formula is C12H16BrN3O2. The lowest BCUT2D eigenvalue weighted by Gasteiger charge is -2.20. The number of halogens is 1. The summed E-state index contributed by atoms with van der Waals surface area (Å²) in [6.45, 7) is 0.0256. The molecule has 0 atom stereocenters. The second kappa shape index (κ2) is 5.86. The van der Waals surface area contributed by atoms with E-state index in [1.807, 2.05) is 0 Å². The highest BCUT2D eigenvalue weighted by Gasteiger charge is 2.18. The molecule has 6 heteroatoms. The van der Waals surface area contributed by atoms with Crippen molar-refractivity contribution < 1.29 is 9.59 Å². The lowest BCUT2D eigenvalue weighted by molar-refractivity contribution is -0.129. The highest BCUT2D eigenvalue weighted by molar-refractivity contribution is 9.10. The normalized spacial score (nSPS) is 10.0. The molecule has 2 amide bonds. The fourth-order valence-electron chi connectivity index (χ4n) is 1.34. The third-order valence-electron chi connectivity index (χ3n) is 2.46. The zero-order chi connectivity index (χ0) is 13.9. The summed E-state index contributed by atoms with van der Waals surface area (Å²) >= 11 is 3.29.